The lowest BCUT2D eigenvalue weighted by atomic mass is 10.1. The largest absolute Gasteiger partial charge is 0.414 e. The Morgan fingerprint density at radius 2 is 1.45 bits per heavy atom. The lowest BCUT2D eigenvalue weighted by Crippen LogP contribution is -2.54. The van der Waals surface area contributed by atoms with E-state index in [2.05, 4.69) is 119 Å². The summed E-state index contributed by atoms with van der Waals surface area (Å²) in [6.45, 7) is 33.6. The molecule has 1 aliphatic rings. The molecule has 2 rings (SSSR count). The number of nitrogens with two attached hydrogens (primary N) is 1. The summed E-state index contributed by atoms with van der Waals surface area (Å²) >= 11 is 0. The van der Waals surface area contributed by atoms with Gasteiger partial charge in [-0.15, -0.1) is 6.40 Å². The van der Waals surface area contributed by atoms with Gasteiger partial charge in [-0.3, -0.25) is 9.36 Å². The Balaban J connectivity index is 2.75. The van der Waals surface area contributed by atoms with Crippen molar-refractivity contribution in [2.75, 3.05) is 6.61 Å². The van der Waals surface area contributed by atoms with Crippen LogP contribution in [0.1, 0.15) is 86.1 Å². The highest BCUT2D eigenvalue weighted by molar-refractivity contribution is 6.75. The number of hydrogen-bond acceptors (Lipinski definition) is 6. The van der Waals surface area contributed by atoms with Gasteiger partial charge in [0.15, 0.2) is 36.9 Å². The molecule has 2 heterocycles. The third kappa shape index (κ3) is 7.20. The van der Waals surface area contributed by atoms with E-state index in [0.29, 0.717) is 6.61 Å². The fraction of sp³-hybridized carbons (Fsp3) is 0.793. The number of terminal acetylenes is 1. The predicted molar refractivity (Wildman–Crippen MR) is 170 cm³/mol. The molecule has 1 aromatic rings. The Bertz CT molecular complexity index is 1150. The van der Waals surface area contributed by atoms with Crippen LogP contribution in [0.4, 0.5) is 0 Å². The van der Waals surface area contributed by atoms with Gasteiger partial charge in [-0.1, -0.05) is 62.3 Å². The zero-order valence-electron chi connectivity index (χ0n) is 28.6. The van der Waals surface area contributed by atoms with Crippen LogP contribution in [0.15, 0.2) is 6.33 Å². The monoisotopic (exact) mass is 610 g/mol. The molecule has 0 radical (unpaired) electrons. The lowest BCUT2D eigenvalue weighted by Gasteiger charge is -2.44. The highest BCUT2D eigenvalue weighted by Gasteiger charge is 2.55. The van der Waals surface area contributed by atoms with Gasteiger partial charge in [-0.05, 0) is 60.3 Å². The summed E-state index contributed by atoms with van der Waals surface area (Å²) in [4.78, 5) is 16.5. The van der Waals surface area contributed by atoms with Gasteiger partial charge >= 0.3 is 0 Å². The van der Waals surface area contributed by atoms with Crippen molar-refractivity contribution in [3.63, 3.8) is 0 Å². The Labute approximate surface area is 247 Å². The van der Waals surface area contributed by atoms with Gasteiger partial charge in [0.05, 0.1) is 12.9 Å². The summed E-state index contributed by atoms with van der Waals surface area (Å²) in [6, 6.07) is 0. The zero-order valence-corrected chi connectivity index (χ0v) is 30.6. The summed E-state index contributed by atoms with van der Waals surface area (Å²) in [5, 5.41) is -0.102. The van der Waals surface area contributed by atoms with Gasteiger partial charge in [0, 0.05) is 0 Å². The van der Waals surface area contributed by atoms with Crippen molar-refractivity contribution < 1.29 is 24.2 Å². The Morgan fingerprint density at radius 1 is 0.975 bits per heavy atom. The molecule has 1 aliphatic heterocycles. The molecule has 1 saturated heterocycles. The number of rotatable bonds is 9. The van der Waals surface area contributed by atoms with Crippen molar-refractivity contribution in [2.45, 2.75) is 141 Å². The number of hydrogen-bond donors (Lipinski definition) is 1. The van der Waals surface area contributed by atoms with E-state index in [9.17, 15) is 4.79 Å². The van der Waals surface area contributed by atoms with Gasteiger partial charge in [0.25, 0.3) is 5.91 Å². The molecule has 8 nitrogen and oxygen atoms in total. The predicted octanol–water partition coefficient (Wildman–Crippen LogP) is 6.66. The molecule has 1 fully saturated rings. The van der Waals surface area contributed by atoms with Crippen molar-refractivity contribution in [3.05, 3.63) is 17.7 Å². The summed E-state index contributed by atoms with van der Waals surface area (Å²) < 4.78 is 37.1. The normalized spacial score (nSPS) is 23.5. The molecule has 0 aliphatic carbocycles. The van der Waals surface area contributed by atoms with Gasteiger partial charge in [-0.2, -0.15) is 0 Å². The molecular weight excluding hydrogens is 555 g/mol. The van der Waals surface area contributed by atoms with E-state index in [-0.39, 0.29) is 26.5 Å². The van der Waals surface area contributed by atoms with Crippen LogP contribution >= 0.6 is 0 Å². The molecular formula is C29H55N3O5Si3. The first-order chi connectivity index (χ1) is 18.3. The molecule has 0 bridgehead atoms. The molecule has 0 aromatic carbocycles. The van der Waals surface area contributed by atoms with Crippen molar-refractivity contribution >= 4 is 30.9 Å². The molecule has 40 heavy (non-hydrogen) atoms. The number of ether oxygens (including phenoxy) is 1. The van der Waals surface area contributed by atoms with E-state index in [1.807, 2.05) is 0 Å². The average molecular weight is 611 g/mol. The fourth-order valence-electron chi connectivity index (χ4n) is 3.73. The maximum atomic E-state index is 12.2. The molecule has 1 aromatic heterocycles. The number of primary amides is 1. The van der Waals surface area contributed by atoms with Gasteiger partial charge in [-0.25, -0.2) is 4.98 Å². The number of imidazole rings is 1. The molecule has 0 unspecified atom stereocenters. The molecule has 2 N–H and O–H groups in total. The topological polar surface area (TPSA) is 97.8 Å². The van der Waals surface area contributed by atoms with Crippen LogP contribution in [0.25, 0.3) is 0 Å². The van der Waals surface area contributed by atoms with E-state index in [1.165, 1.54) is 6.33 Å². The summed E-state index contributed by atoms with van der Waals surface area (Å²) in [6.07, 6.45) is 1.56. The quantitative estimate of drug-likeness (QED) is 0.248. The van der Waals surface area contributed by atoms with E-state index in [1.54, 1.807) is 4.57 Å². The Kier molecular flexibility index (Phi) is 9.50. The SMILES string of the molecule is [2H]C#Cc1c(C(N)=O)ncn1[C@@H]1O[C@H](CO[Si](C)(C)C(C)(C)C)[C@@H](O[Si](C)(C)C(C)(C)C)[C@H]1O[Si](C)(C)C(C)(C)C. The standard InChI is InChI=1S/C29H55N3O5Si3/c1-17-20-22(25(30)33)31-19-32(20)26-24(37-40(15,16)29(8,9)10)23(36-39(13,14)28(5,6)7)21(35-26)18-34-38(11,12)27(2,3)4/h1,19,21,23-24,26H,18H2,2-16H3,(H2,30,33)/t21-,23-,24-,26-/m1/s1/i1D. The number of nitrogens with zero attached hydrogens (tertiary/aromatic N) is 2. The Morgan fingerprint density at radius 3 is 1.88 bits per heavy atom. The van der Waals surface area contributed by atoms with Crippen LogP contribution in [-0.2, 0) is 18.0 Å². The second-order valence-corrected chi connectivity index (χ2v) is 30.0. The van der Waals surface area contributed by atoms with Crippen LogP contribution in [0, 0.1) is 12.3 Å². The Hall–Kier alpha value is -1.27. The number of carbonyl (C=O) groups is 1. The average Bonchev–Trinajstić information content (AvgIpc) is 3.31. The smallest absolute Gasteiger partial charge is 0.270 e. The van der Waals surface area contributed by atoms with Crippen LogP contribution in [0.3, 0.4) is 0 Å². The number of aromatic nitrogens is 2. The highest BCUT2D eigenvalue weighted by atomic mass is 28.4. The molecule has 228 valence electrons. The minimum Gasteiger partial charge on any atom is -0.414 e. The van der Waals surface area contributed by atoms with Crippen molar-refractivity contribution in [1.82, 2.24) is 9.55 Å². The first kappa shape index (κ1) is 33.2. The van der Waals surface area contributed by atoms with E-state index >= 15 is 0 Å². The first-order valence-electron chi connectivity index (χ1n) is 14.7. The minimum atomic E-state index is -2.35. The highest BCUT2D eigenvalue weighted by Crippen LogP contribution is 2.46. The van der Waals surface area contributed by atoms with Gasteiger partial charge < -0.3 is 23.7 Å². The summed E-state index contributed by atoms with van der Waals surface area (Å²) in [5.41, 5.74) is 5.87. The van der Waals surface area contributed by atoms with Crippen LogP contribution in [0.5, 0.6) is 0 Å². The van der Waals surface area contributed by atoms with Crippen molar-refractivity contribution in [3.8, 4) is 12.3 Å². The van der Waals surface area contributed by atoms with Crippen LogP contribution in [0.2, 0.25) is 54.4 Å². The van der Waals surface area contributed by atoms with E-state index < -0.39 is 55.4 Å². The van der Waals surface area contributed by atoms with E-state index in [0.717, 1.165) is 0 Å². The molecule has 0 spiro atoms. The summed E-state index contributed by atoms with van der Waals surface area (Å²) in [5.74, 6) is 2.00. The minimum absolute atomic E-state index is 0.00210. The zero-order chi connectivity index (χ0) is 32.0. The summed E-state index contributed by atoms with van der Waals surface area (Å²) in [7, 11) is -6.77. The van der Waals surface area contributed by atoms with Crippen LogP contribution < -0.4 is 5.73 Å². The maximum Gasteiger partial charge on any atom is 0.270 e. The van der Waals surface area contributed by atoms with Gasteiger partial charge in [0.1, 0.15) is 25.4 Å². The third-order valence-corrected chi connectivity index (χ3v) is 23.0. The molecule has 0 saturated carbocycles. The fourth-order valence-corrected chi connectivity index (χ4v) is 7.35. The number of carbonyl (C=O) groups excluding carboxylic acids is 1. The first-order valence-corrected chi connectivity index (χ1v) is 22.9. The second-order valence-electron chi connectivity index (χ2n) is 15.7. The second kappa shape index (κ2) is 11.4. The van der Waals surface area contributed by atoms with Crippen molar-refractivity contribution in [2.24, 2.45) is 5.73 Å². The third-order valence-electron chi connectivity index (χ3n) is 9.59. The van der Waals surface area contributed by atoms with E-state index in [4.69, 9.17) is 25.1 Å². The van der Waals surface area contributed by atoms with Crippen molar-refractivity contribution in [1.29, 1.82) is 0 Å². The molecule has 11 heteroatoms. The van der Waals surface area contributed by atoms with Crippen LogP contribution in [-0.4, -0.2) is 65.3 Å². The van der Waals surface area contributed by atoms with Gasteiger partial charge in [0.2, 0.25) is 0 Å². The molecule has 1 amide bonds. The molecule has 4 atom stereocenters. The lowest BCUT2D eigenvalue weighted by molar-refractivity contribution is -0.0491. The maximum absolute atomic E-state index is 12.2. The number of amides is 1.